The molecule has 33 heavy (non-hydrogen) atoms. The summed E-state index contributed by atoms with van der Waals surface area (Å²) in [6, 6.07) is 14.0. The SMILES string of the molecule is CCCNC(=O)C1Cc2ccccc2-c2c(C3CCCCC3)c3ccc(C(=O)O)cc3n2C1. The lowest BCUT2D eigenvalue weighted by molar-refractivity contribution is -0.125. The van der Waals surface area contributed by atoms with Gasteiger partial charge >= 0.3 is 5.97 Å². The highest BCUT2D eigenvalue weighted by atomic mass is 16.4. The van der Waals surface area contributed by atoms with Crippen molar-refractivity contribution in [1.82, 2.24) is 9.88 Å². The van der Waals surface area contributed by atoms with E-state index in [4.69, 9.17) is 0 Å². The first-order valence-electron chi connectivity index (χ1n) is 12.3. The number of aromatic carboxylic acids is 1. The van der Waals surface area contributed by atoms with E-state index in [9.17, 15) is 14.7 Å². The third-order valence-electron chi connectivity index (χ3n) is 7.43. The molecule has 5 nitrogen and oxygen atoms in total. The molecule has 2 aliphatic rings. The molecule has 3 aromatic rings. The van der Waals surface area contributed by atoms with E-state index < -0.39 is 5.97 Å². The van der Waals surface area contributed by atoms with Gasteiger partial charge < -0.3 is 15.0 Å². The summed E-state index contributed by atoms with van der Waals surface area (Å²) in [4.78, 5) is 24.9. The molecule has 2 N–H and O–H groups in total. The second-order valence-corrected chi connectivity index (χ2v) is 9.59. The molecule has 0 spiro atoms. The van der Waals surface area contributed by atoms with Crippen molar-refractivity contribution in [3.63, 3.8) is 0 Å². The van der Waals surface area contributed by atoms with Crippen LogP contribution in [0.4, 0.5) is 0 Å². The van der Waals surface area contributed by atoms with Gasteiger partial charge in [0.15, 0.2) is 0 Å². The molecular weight excluding hydrogens is 412 g/mol. The summed E-state index contributed by atoms with van der Waals surface area (Å²) in [5, 5.41) is 13.9. The summed E-state index contributed by atoms with van der Waals surface area (Å²) >= 11 is 0. The highest BCUT2D eigenvalue weighted by Crippen LogP contribution is 2.46. The number of aromatic nitrogens is 1. The lowest BCUT2D eigenvalue weighted by Crippen LogP contribution is -2.34. The third kappa shape index (κ3) is 3.94. The molecule has 1 amide bonds. The third-order valence-corrected chi connectivity index (χ3v) is 7.43. The molecule has 5 heteroatoms. The predicted molar refractivity (Wildman–Crippen MR) is 131 cm³/mol. The monoisotopic (exact) mass is 444 g/mol. The number of nitrogens with one attached hydrogen (secondary N) is 1. The standard InChI is InChI=1S/C28H32N2O3/c1-2-14-29-27(31)21-15-19-10-6-7-11-22(19)26-25(18-8-4-3-5-9-18)23-13-12-20(28(32)33)16-24(23)30(26)17-21/h6-7,10-13,16,18,21H,2-5,8-9,14-15,17H2,1H3,(H,29,31)(H,32,33). The van der Waals surface area contributed by atoms with Crippen LogP contribution in [0, 0.1) is 5.92 Å². The van der Waals surface area contributed by atoms with Crippen LogP contribution >= 0.6 is 0 Å². The van der Waals surface area contributed by atoms with Gasteiger partial charge in [0.1, 0.15) is 0 Å². The smallest absolute Gasteiger partial charge is 0.335 e. The molecule has 1 aliphatic carbocycles. The number of hydrogen-bond donors (Lipinski definition) is 2. The Morgan fingerprint density at radius 3 is 2.64 bits per heavy atom. The van der Waals surface area contributed by atoms with Crippen molar-refractivity contribution in [2.24, 2.45) is 5.92 Å². The first kappa shape index (κ1) is 21.7. The van der Waals surface area contributed by atoms with Crippen LogP contribution in [0.15, 0.2) is 42.5 Å². The summed E-state index contributed by atoms with van der Waals surface area (Å²) < 4.78 is 2.26. The van der Waals surface area contributed by atoms with Crippen LogP contribution in [-0.2, 0) is 17.8 Å². The van der Waals surface area contributed by atoms with Gasteiger partial charge in [-0.2, -0.15) is 0 Å². The average molecular weight is 445 g/mol. The van der Waals surface area contributed by atoms with E-state index in [0.29, 0.717) is 31.0 Å². The normalized spacial score (nSPS) is 18.4. The van der Waals surface area contributed by atoms with Crippen LogP contribution in [0.25, 0.3) is 22.2 Å². The number of rotatable bonds is 5. The molecule has 0 bridgehead atoms. The average Bonchev–Trinajstić information content (AvgIpc) is 3.05. The lowest BCUT2D eigenvalue weighted by atomic mass is 9.81. The molecule has 1 unspecified atom stereocenters. The van der Waals surface area contributed by atoms with Gasteiger partial charge in [-0.25, -0.2) is 4.79 Å². The zero-order valence-corrected chi connectivity index (χ0v) is 19.3. The Morgan fingerprint density at radius 1 is 1.09 bits per heavy atom. The lowest BCUT2D eigenvalue weighted by Gasteiger charge is -2.24. The number of nitrogens with zero attached hydrogens (tertiary/aromatic N) is 1. The van der Waals surface area contributed by atoms with Crippen molar-refractivity contribution in [2.75, 3.05) is 6.54 Å². The maximum atomic E-state index is 13.1. The van der Waals surface area contributed by atoms with Gasteiger partial charge in [-0.05, 0) is 54.9 Å². The zero-order valence-electron chi connectivity index (χ0n) is 19.3. The summed E-state index contributed by atoms with van der Waals surface area (Å²) in [7, 11) is 0. The van der Waals surface area contributed by atoms with Crippen molar-refractivity contribution in [1.29, 1.82) is 0 Å². The Balaban J connectivity index is 1.76. The van der Waals surface area contributed by atoms with Gasteiger partial charge in [0.05, 0.1) is 17.2 Å². The van der Waals surface area contributed by atoms with E-state index in [0.717, 1.165) is 30.2 Å². The van der Waals surface area contributed by atoms with E-state index in [1.807, 2.05) is 12.1 Å². The maximum absolute atomic E-state index is 13.1. The number of carboxylic acid groups (broad SMARTS) is 1. The maximum Gasteiger partial charge on any atom is 0.335 e. The number of fused-ring (bicyclic) bond motifs is 5. The Hall–Kier alpha value is -3.08. The Kier molecular flexibility index (Phi) is 5.96. The fourth-order valence-electron chi connectivity index (χ4n) is 5.84. The highest BCUT2D eigenvalue weighted by Gasteiger charge is 2.32. The minimum absolute atomic E-state index is 0.0787. The Morgan fingerprint density at radius 2 is 1.88 bits per heavy atom. The molecule has 5 rings (SSSR count). The summed E-state index contributed by atoms with van der Waals surface area (Å²) in [6.45, 7) is 3.29. The van der Waals surface area contributed by atoms with Gasteiger partial charge in [-0.3, -0.25) is 4.79 Å². The van der Waals surface area contributed by atoms with Gasteiger partial charge in [0, 0.05) is 29.6 Å². The van der Waals surface area contributed by atoms with Crippen LogP contribution in [0.5, 0.6) is 0 Å². The molecule has 1 saturated carbocycles. The van der Waals surface area contributed by atoms with Gasteiger partial charge in [-0.1, -0.05) is 56.5 Å². The van der Waals surface area contributed by atoms with Crippen LogP contribution in [-0.4, -0.2) is 28.1 Å². The van der Waals surface area contributed by atoms with Crippen molar-refractivity contribution >= 4 is 22.8 Å². The van der Waals surface area contributed by atoms with E-state index in [2.05, 4.69) is 41.1 Å². The van der Waals surface area contributed by atoms with Crippen molar-refractivity contribution in [3.8, 4) is 11.3 Å². The van der Waals surface area contributed by atoms with Gasteiger partial charge in [0.25, 0.3) is 0 Å². The fourth-order valence-corrected chi connectivity index (χ4v) is 5.84. The van der Waals surface area contributed by atoms with E-state index in [1.165, 1.54) is 41.6 Å². The molecule has 1 fully saturated rings. The number of benzene rings is 2. The molecule has 2 aromatic carbocycles. The molecule has 1 aliphatic heterocycles. The number of carbonyl (C=O) groups excluding carboxylic acids is 1. The summed E-state index contributed by atoms with van der Waals surface area (Å²) in [6.07, 6.45) is 7.66. The molecule has 0 saturated heterocycles. The molecule has 1 aromatic heterocycles. The van der Waals surface area contributed by atoms with E-state index in [1.54, 1.807) is 6.07 Å². The first-order valence-corrected chi connectivity index (χ1v) is 12.3. The number of carboxylic acids is 1. The second-order valence-electron chi connectivity index (χ2n) is 9.59. The predicted octanol–water partition coefficient (Wildman–Crippen LogP) is 5.75. The van der Waals surface area contributed by atoms with Crippen LogP contribution in [0.3, 0.4) is 0 Å². The molecule has 2 heterocycles. The fraction of sp³-hybridized carbons (Fsp3) is 0.429. The van der Waals surface area contributed by atoms with Gasteiger partial charge in [0.2, 0.25) is 5.91 Å². The van der Waals surface area contributed by atoms with E-state index in [-0.39, 0.29) is 11.8 Å². The minimum atomic E-state index is -0.919. The Labute approximate surface area is 194 Å². The molecular formula is C28H32N2O3. The molecule has 172 valence electrons. The number of hydrogen-bond acceptors (Lipinski definition) is 2. The number of carbonyl (C=O) groups is 2. The highest BCUT2D eigenvalue weighted by molar-refractivity contribution is 5.99. The topological polar surface area (TPSA) is 71.3 Å². The zero-order chi connectivity index (χ0) is 22.9. The molecule has 1 atom stereocenters. The summed E-state index contributed by atoms with van der Waals surface area (Å²) in [5.41, 5.74) is 6.17. The van der Waals surface area contributed by atoms with Gasteiger partial charge in [-0.15, -0.1) is 0 Å². The van der Waals surface area contributed by atoms with Crippen molar-refractivity contribution < 1.29 is 14.7 Å². The van der Waals surface area contributed by atoms with Crippen LogP contribution < -0.4 is 5.32 Å². The molecule has 0 radical (unpaired) electrons. The second kappa shape index (κ2) is 9.05. The Bertz CT molecular complexity index is 1200. The van der Waals surface area contributed by atoms with Crippen LogP contribution in [0.2, 0.25) is 0 Å². The summed E-state index contributed by atoms with van der Waals surface area (Å²) in [5.74, 6) is -0.568. The largest absolute Gasteiger partial charge is 0.478 e. The van der Waals surface area contributed by atoms with Crippen molar-refractivity contribution in [2.45, 2.75) is 64.3 Å². The quantitative estimate of drug-likeness (QED) is 0.526. The minimum Gasteiger partial charge on any atom is -0.478 e. The van der Waals surface area contributed by atoms with Crippen molar-refractivity contribution in [3.05, 3.63) is 59.2 Å². The first-order chi connectivity index (χ1) is 16.1. The van der Waals surface area contributed by atoms with Crippen LogP contribution in [0.1, 0.15) is 72.9 Å². The number of amides is 1. The van der Waals surface area contributed by atoms with E-state index >= 15 is 0 Å².